The van der Waals surface area contributed by atoms with Crippen molar-refractivity contribution in [3.05, 3.63) is 66.0 Å². The van der Waals surface area contributed by atoms with Crippen LogP contribution in [0.15, 0.2) is 54.9 Å². The Bertz CT molecular complexity index is 919. The number of nitrogens with one attached hydrogen (secondary N) is 2. The molecular formula is C20H22N4O3. The van der Waals surface area contributed by atoms with E-state index in [4.69, 9.17) is 9.47 Å². The third-order valence-corrected chi connectivity index (χ3v) is 4.01. The molecule has 7 nitrogen and oxygen atoms in total. The number of amides is 2. The summed E-state index contributed by atoms with van der Waals surface area (Å²) in [5.41, 5.74) is 3.47. The Morgan fingerprint density at radius 1 is 1.07 bits per heavy atom. The van der Waals surface area contributed by atoms with E-state index in [9.17, 15) is 4.79 Å². The maximum atomic E-state index is 12.3. The Kier molecular flexibility index (Phi) is 5.61. The molecule has 0 aliphatic carbocycles. The molecule has 0 fully saturated rings. The van der Waals surface area contributed by atoms with Crippen LogP contribution in [0.4, 0.5) is 16.2 Å². The van der Waals surface area contributed by atoms with Crippen LogP contribution in [-0.2, 0) is 6.54 Å². The van der Waals surface area contributed by atoms with Crippen molar-refractivity contribution in [2.75, 3.05) is 24.9 Å². The molecule has 2 N–H and O–H groups in total. The molecule has 0 aliphatic heterocycles. The van der Waals surface area contributed by atoms with Crippen molar-refractivity contribution in [1.82, 2.24) is 9.78 Å². The molecule has 140 valence electrons. The van der Waals surface area contributed by atoms with Gasteiger partial charge < -0.3 is 20.1 Å². The van der Waals surface area contributed by atoms with Crippen molar-refractivity contribution < 1.29 is 14.3 Å². The monoisotopic (exact) mass is 366 g/mol. The predicted molar refractivity (Wildman–Crippen MR) is 105 cm³/mol. The first-order valence-corrected chi connectivity index (χ1v) is 8.45. The van der Waals surface area contributed by atoms with Crippen molar-refractivity contribution in [2.45, 2.75) is 13.5 Å². The number of ether oxygens (including phenoxy) is 2. The molecule has 0 bridgehead atoms. The number of carbonyl (C=O) groups excluding carboxylic acids is 1. The molecule has 0 saturated heterocycles. The zero-order valence-corrected chi connectivity index (χ0v) is 15.5. The van der Waals surface area contributed by atoms with E-state index in [2.05, 4.69) is 46.9 Å². The molecule has 0 unspecified atom stereocenters. The van der Waals surface area contributed by atoms with E-state index in [0.29, 0.717) is 29.4 Å². The van der Waals surface area contributed by atoms with Crippen LogP contribution in [0, 0.1) is 6.92 Å². The van der Waals surface area contributed by atoms with Gasteiger partial charge in [0.25, 0.3) is 0 Å². The fraction of sp³-hybridized carbons (Fsp3) is 0.200. The van der Waals surface area contributed by atoms with Crippen molar-refractivity contribution in [1.29, 1.82) is 0 Å². The topological polar surface area (TPSA) is 77.4 Å². The van der Waals surface area contributed by atoms with Crippen LogP contribution in [0.3, 0.4) is 0 Å². The van der Waals surface area contributed by atoms with Crippen LogP contribution in [0.2, 0.25) is 0 Å². The highest BCUT2D eigenvalue weighted by Crippen LogP contribution is 2.29. The number of aromatic nitrogens is 2. The molecule has 27 heavy (non-hydrogen) atoms. The minimum absolute atomic E-state index is 0.392. The molecule has 0 atom stereocenters. The van der Waals surface area contributed by atoms with Gasteiger partial charge in [-0.3, -0.25) is 4.68 Å². The summed E-state index contributed by atoms with van der Waals surface area (Å²) in [6.07, 6.45) is 3.39. The zero-order valence-electron chi connectivity index (χ0n) is 15.5. The Morgan fingerprint density at radius 3 is 2.56 bits per heavy atom. The second kappa shape index (κ2) is 8.27. The Hall–Kier alpha value is -3.48. The number of methoxy groups -OCH3 is 2. The number of aryl methyl sites for hydroxylation is 1. The van der Waals surface area contributed by atoms with E-state index >= 15 is 0 Å². The summed E-state index contributed by atoms with van der Waals surface area (Å²) in [6.45, 7) is 2.68. The van der Waals surface area contributed by atoms with E-state index in [0.717, 1.165) is 5.56 Å². The highest BCUT2D eigenvalue weighted by Gasteiger charge is 2.10. The van der Waals surface area contributed by atoms with Crippen LogP contribution in [0.25, 0.3) is 0 Å². The van der Waals surface area contributed by atoms with E-state index in [1.165, 1.54) is 5.56 Å². The molecule has 0 aliphatic rings. The first-order chi connectivity index (χ1) is 13.1. The smallest absolute Gasteiger partial charge is 0.323 e. The number of urea groups is 1. The number of rotatable bonds is 6. The first kappa shape index (κ1) is 18.3. The van der Waals surface area contributed by atoms with Gasteiger partial charge in [-0.15, -0.1) is 0 Å². The average Bonchev–Trinajstić information content (AvgIpc) is 3.10. The van der Waals surface area contributed by atoms with Gasteiger partial charge in [0.05, 0.1) is 38.3 Å². The molecule has 1 heterocycles. The van der Waals surface area contributed by atoms with Crippen LogP contribution in [-0.4, -0.2) is 30.0 Å². The lowest BCUT2D eigenvalue weighted by atomic mass is 10.1. The summed E-state index contributed by atoms with van der Waals surface area (Å²) < 4.78 is 12.2. The maximum absolute atomic E-state index is 12.3. The van der Waals surface area contributed by atoms with Gasteiger partial charge in [0.2, 0.25) is 0 Å². The SMILES string of the molecule is COc1ccc(OC)c(NC(=O)Nc2cnn(Cc3ccc(C)cc3)c2)c1. The van der Waals surface area contributed by atoms with E-state index in [-0.39, 0.29) is 0 Å². The fourth-order valence-electron chi connectivity index (χ4n) is 2.59. The molecule has 0 radical (unpaired) electrons. The normalized spacial score (nSPS) is 10.3. The van der Waals surface area contributed by atoms with Crippen molar-refractivity contribution in [2.24, 2.45) is 0 Å². The van der Waals surface area contributed by atoms with Crippen molar-refractivity contribution in [3.8, 4) is 11.5 Å². The average molecular weight is 366 g/mol. The van der Waals surface area contributed by atoms with Gasteiger partial charge in [-0.25, -0.2) is 4.79 Å². The summed E-state index contributed by atoms with van der Waals surface area (Å²) in [5, 5.41) is 9.81. The van der Waals surface area contributed by atoms with Gasteiger partial charge in [0.1, 0.15) is 11.5 Å². The van der Waals surface area contributed by atoms with Crippen molar-refractivity contribution in [3.63, 3.8) is 0 Å². The molecule has 7 heteroatoms. The zero-order chi connectivity index (χ0) is 19.2. The molecule has 2 amide bonds. The number of anilines is 2. The summed E-state index contributed by atoms with van der Waals surface area (Å²) in [7, 11) is 3.11. The molecule has 2 aromatic carbocycles. The Labute approximate surface area is 157 Å². The van der Waals surface area contributed by atoms with E-state index in [1.54, 1.807) is 49.5 Å². The number of carbonyl (C=O) groups is 1. The van der Waals surface area contributed by atoms with E-state index in [1.807, 2.05) is 0 Å². The van der Waals surface area contributed by atoms with E-state index < -0.39 is 6.03 Å². The van der Waals surface area contributed by atoms with Crippen LogP contribution >= 0.6 is 0 Å². The summed E-state index contributed by atoms with van der Waals surface area (Å²) >= 11 is 0. The molecule has 0 spiro atoms. The van der Waals surface area contributed by atoms with Gasteiger partial charge >= 0.3 is 6.03 Å². The number of hydrogen-bond acceptors (Lipinski definition) is 4. The molecule has 3 aromatic rings. The minimum atomic E-state index is -0.392. The van der Waals surface area contributed by atoms with Crippen LogP contribution < -0.4 is 20.1 Å². The molecule has 0 saturated carbocycles. The number of benzene rings is 2. The predicted octanol–water partition coefficient (Wildman–Crippen LogP) is 3.90. The van der Waals surface area contributed by atoms with Gasteiger partial charge in [0, 0.05) is 12.3 Å². The third-order valence-electron chi connectivity index (χ3n) is 4.01. The summed E-state index contributed by atoms with van der Waals surface area (Å²) in [5.74, 6) is 1.16. The summed E-state index contributed by atoms with van der Waals surface area (Å²) in [6, 6.07) is 13.0. The molecular weight excluding hydrogens is 344 g/mol. The lowest BCUT2D eigenvalue weighted by Crippen LogP contribution is -2.19. The first-order valence-electron chi connectivity index (χ1n) is 8.45. The largest absolute Gasteiger partial charge is 0.497 e. The maximum Gasteiger partial charge on any atom is 0.323 e. The van der Waals surface area contributed by atoms with Gasteiger partial charge in [-0.1, -0.05) is 29.8 Å². The minimum Gasteiger partial charge on any atom is -0.497 e. The molecule has 3 rings (SSSR count). The number of hydrogen-bond donors (Lipinski definition) is 2. The molecule has 1 aromatic heterocycles. The highest BCUT2D eigenvalue weighted by atomic mass is 16.5. The second-order valence-corrected chi connectivity index (χ2v) is 6.06. The third kappa shape index (κ3) is 4.78. The van der Waals surface area contributed by atoms with Crippen LogP contribution in [0.5, 0.6) is 11.5 Å². The van der Waals surface area contributed by atoms with Gasteiger partial charge in [0.15, 0.2) is 0 Å². The second-order valence-electron chi connectivity index (χ2n) is 6.06. The van der Waals surface area contributed by atoms with Gasteiger partial charge in [-0.2, -0.15) is 5.10 Å². The lowest BCUT2D eigenvalue weighted by Gasteiger charge is -2.11. The lowest BCUT2D eigenvalue weighted by molar-refractivity contribution is 0.262. The fourth-order valence-corrected chi connectivity index (χ4v) is 2.59. The quantitative estimate of drug-likeness (QED) is 0.694. The number of nitrogens with zero attached hydrogens (tertiary/aromatic N) is 2. The Balaban J connectivity index is 1.63. The highest BCUT2D eigenvalue weighted by molar-refractivity contribution is 6.00. The van der Waals surface area contributed by atoms with Crippen molar-refractivity contribution >= 4 is 17.4 Å². The van der Waals surface area contributed by atoms with Crippen LogP contribution in [0.1, 0.15) is 11.1 Å². The standard InChI is InChI=1S/C20H22N4O3/c1-14-4-6-15(7-5-14)12-24-13-16(11-21-24)22-20(25)23-18-10-17(26-2)8-9-19(18)27-3/h4-11,13H,12H2,1-3H3,(H2,22,23,25). The summed E-state index contributed by atoms with van der Waals surface area (Å²) in [4.78, 5) is 12.3. The van der Waals surface area contributed by atoms with Gasteiger partial charge in [-0.05, 0) is 24.6 Å². The Morgan fingerprint density at radius 2 is 1.85 bits per heavy atom.